The zero-order valence-electron chi connectivity index (χ0n) is 8.94. The van der Waals surface area contributed by atoms with Gasteiger partial charge < -0.3 is 10.5 Å². The number of rotatable bonds is 5. The maximum atomic E-state index is 11.6. The fourth-order valence-corrected chi connectivity index (χ4v) is 2.93. The second-order valence-electron chi connectivity index (χ2n) is 3.18. The molecule has 5 nitrogen and oxygen atoms in total. The summed E-state index contributed by atoms with van der Waals surface area (Å²) >= 11 is 7.82. The summed E-state index contributed by atoms with van der Waals surface area (Å²) in [6.07, 6.45) is 0. The average molecular weight is 339 g/mol. The maximum absolute atomic E-state index is 11.6. The Morgan fingerprint density at radius 2 is 2.24 bits per heavy atom. The molecule has 0 spiro atoms. The van der Waals surface area contributed by atoms with E-state index in [2.05, 4.69) is 32.9 Å². The molecule has 0 aliphatic heterocycles. The van der Waals surface area contributed by atoms with Crippen LogP contribution in [0.25, 0.3) is 0 Å². The largest absolute Gasteiger partial charge is 0.495 e. The Bertz CT molecular complexity index is 531. The van der Waals surface area contributed by atoms with E-state index in [0.717, 1.165) is 4.47 Å². The summed E-state index contributed by atoms with van der Waals surface area (Å²) in [5, 5.41) is 0. The van der Waals surface area contributed by atoms with E-state index in [0.29, 0.717) is 11.4 Å². The molecule has 1 aromatic rings. The lowest BCUT2D eigenvalue weighted by Gasteiger charge is -2.09. The zero-order chi connectivity index (χ0) is 13.1. The Morgan fingerprint density at radius 1 is 1.59 bits per heavy atom. The van der Waals surface area contributed by atoms with Crippen molar-refractivity contribution < 1.29 is 13.2 Å². The smallest absolute Gasteiger partial charge is 0.239 e. The molecule has 0 aliphatic rings. The van der Waals surface area contributed by atoms with Gasteiger partial charge in [-0.05, 0) is 28.1 Å². The zero-order valence-corrected chi connectivity index (χ0v) is 12.2. The van der Waals surface area contributed by atoms with Crippen LogP contribution in [0.15, 0.2) is 22.7 Å². The van der Waals surface area contributed by atoms with Crippen molar-refractivity contribution in [3.05, 3.63) is 22.7 Å². The van der Waals surface area contributed by atoms with E-state index in [4.69, 9.17) is 10.5 Å². The second-order valence-corrected chi connectivity index (χ2v) is 6.28. The van der Waals surface area contributed by atoms with Gasteiger partial charge in [0.1, 0.15) is 11.5 Å². The van der Waals surface area contributed by atoms with Crippen LogP contribution in [-0.2, 0) is 10.0 Å². The van der Waals surface area contributed by atoms with Gasteiger partial charge in [-0.1, -0.05) is 12.2 Å². The number of hydrogen-bond acceptors (Lipinski definition) is 4. The second kappa shape index (κ2) is 5.65. The Morgan fingerprint density at radius 3 is 2.76 bits per heavy atom. The first-order chi connectivity index (χ1) is 7.84. The average Bonchev–Trinajstić information content (AvgIpc) is 2.18. The standard InChI is InChI=1S/C9H11BrN2O3S2/c1-15-8-4-6(2-3-7(8)10)12-17(13,14)5-9(11)16/h2-4,12H,5H2,1H3,(H2,11,16). The van der Waals surface area contributed by atoms with Crippen LogP contribution in [0.1, 0.15) is 0 Å². The maximum Gasteiger partial charge on any atom is 0.239 e. The number of ether oxygens (including phenoxy) is 1. The molecule has 0 atom stereocenters. The Labute approximate surface area is 114 Å². The fourth-order valence-electron chi connectivity index (χ4n) is 1.13. The molecule has 0 fully saturated rings. The lowest BCUT2D eigenvalue weighted by molar-refractivity contribution is 0.412. The molecule has 1 aromatic carbocycles. The topological polar surface area (TPSA) is 81.4 Å². The van der Waals surface area contributed by atoms with Gasteiger partial charge in [0.05, 0.1) is 22.3 Å². The Hall–Kier alpha value is -0.860. The fraction of sp³-hybridized carbons (Fsp3) is 0.222. The van der Waals surface area contributed by atoms with E-state index in [9.17, 15) is 8.42 Å². The summed E-state index contributed by atoms with van der Waals surface area (Å²) in [6.45, 7) is 0. The van der Waals surface area contributed by atoms with E-state index >= 15 is 0 Å². The first-order valence-corrected chi connectivity index (χ1v) is 7.32. The van der Waals surface area contributed by atoms with Crippen molar-refractivity contribution in [1.29, 1.82) is 0 Å². The molecule has 0 amide bonds. The first kappa shape index (κ1) is 14.2. The normalized spacial score (nSPS) is 10.9. The highest BCUT2D eigenvalue weighted by atomic mass is 79.9. The van der Waals surface area contributed by atoms with Gasteiger partial charge in [-0.15, -0.1) is 0 Å². The van der Waals surface area contributed by atoms with Gasteiger partial charge in [0.25, 0.3) is 0 Å². The highest BCUT2D eigenvalue weighted by Gasteiger charge is 2.12. The number of thiocarbonyl (C=S) groups is 1. The van der Waals surface area contributed by atoms with Crippen molar-refractivity contribution in [2.24, 2.45) is 5.73 Å². The molecule has 1 rings (SSSR count). The van der Waals surface area contributed by atoms with Crippen molar-refractivity contribution >= 4 is 48.8 Å². The minimum absolute atomic E-state index is 0.0819. The number of hydrogen-bond donors (Lipinski definition) is 2. The van der Waals surface area contributed by atoms with Crippen molar-refractivity contribution in [1.82, 2.24) is 0 Å². The quantitative estimate of drug-likeness (QED) is 0.795. The summed E-state index contributed by atoms with van der Waals surface area (Å²) in [7, 11) is -2.07. The van der Waals surface area contributed by atoms with Crippen LogP contribution in [0.2, 0.25) is 0 Å². The number of nitrogens with two attached hydrogens (primary N) is 1. The van der Waals surface area contributed by atoms with Crippen LogP contribution in [0.3, 0.4) is 0 Å². The predicted octanol–water partition coefficient (Wildman–Crippen LogP) is 1.49. The SMILES string of the molecule is COc1cc(NS(=O)(=O)CC(N)=S)ccc1Br. The molecule has 0 saturated carbocycles. The van der Waals surface area contributed by atoms with Gasteiger partial charge in [0.15, 0.2) is 0 Å². The van der Waals surface area contributed by atoms with Crippen molar-refractivity contribution in [2.45, 2.75) is 0 Å². The van der Waals surface area contributed by atoms with Crippen LogP contribution >= 0.6 is 28.1 Å². The van der Waals surface area contributed by atoms with E-state index < -0.39 is 10.0 Å². The molecule has 0 radical (unpaired) electrons. The molecule has 0 saturated heterocycles. The minimum Gasteiger partial charge on any atom is -0.495 e. The van der Waals surface area contributed by atoms with Gasteiger partial charge in [0, 0.05) is 6.07 Å². The van der Waals surface area contributed by atoms with Crippen LogP contribution in [0, 0.1) is 0 Å². The van der Waals surface area contributed by atoms with E-state index in [1.54, 1.807) is 18.2 Å². The molecule has 0 heterocycles. The third kappa shape index (κ3) is 4.49. The van der Waals surface area contributed by atoms with Crippen LogP contribution in [-0.4, -0.2) is 26.3 Å². The van der Waals surface area contributed by atoms with Gasteiger partial charge in [-0.2, -0.15) is 0 Å². The third-order valence-electron chi connectivity index (χ3n) is 1.76. The molecular weight excluding hydrogens is 328 g/mol. The Kier molecular flexibility index (Phi) is 4.72. The van der Waals surface area contributed by atoms with Gasteiger partial charge in [-0.3, -0.25) is 4.72 Å². The summed E-state index contributed by atoms with van der Waals surface area (Å²) in [5.74, 6) is 0.140. The third-order valence-corrected chi connectivity index (χ3v) is 3.98. The lowest BCUT2D eigenvalue weighted by atomic mass is 10.3. The molecule has 0 unspecified atom stereocenters. The van der Waals surface area contributed by atoms with E-state index in [-0.39, 0.29) is 10.7 Å². The van der Waals surface area contributed by atoms with Crippen LogP contribution in [0.5, 0.6) is 5.75 Å². The van der Waals surface area contributed by atoms with Gasteiger partial charge in [-0.25, -0.2) is 8.42 Å². The molecule has 8 heteroatoms. The van der Waals surface area contributed by atoms with Gasteiger partial charge >= 0.3 is 0 Å². The van der Waals surface area contributed by atoms with Crippen LogP contribution in [0.4, 0.5) is 5.69 Å². The molecule has 0 aromatic heterocycles. The summed E-state index contributed by atoms with van der Waals surface area (Å²) in [6, 6.07) is 4.84. The monoisotopic (exact) mass is 338 g/mol. The predicted molar refractivity (Wildman–Crippen MR) is 74.9 cm³/mol. The Balaban J connectivity index is 2.92. The number of methoxy groups -OCH3 is 1. The molecule has 17 heavy (non-hydrogen) atoms. The number of nitrogens with one attached hydrogen (secondary N) is 1. The minimum atomic E-state index is -3.56. The number of anilines is 1. The van der Waals surface area contributed by atoms with E-state index in [1.165, 1.54) is 7.11 Å². The molecule has 94 valence electrons. The van der Waals surface area contributed by atoms with Crippen LogP contribution < -0.4 is 15.2 Å². The summed E-state index contributed by atoms with van der Waals surface area (Å²) in [4.78, 5) is -0.0819. The summed E-state index contributed by atoms with van der Waals surface area (Å²) in [5.41, 5.74) is 5.58. The number of benzene rings is 1. The highest BCUT2D eigenvalue weighted by Crippen LogP contribution is 2.28. The summed E-state index contributed by atoms with van der Waals surface area (Å²) < 4.78 is 31.3. The number of sulfonamides is 1. The molecule has 3 N–H and O–H groups in total. The van der Waals surface area contributed by atoms with Crippen molar-refractivity contribution in [3.8, 4) is 5.75 Å². The highest BCUT2D eigenvalue weighted by molar-refractivity contribution is 9.10. The lowest BCUT2D eigenvalue weighted by Crippen LogP contribution is -2.26. The molecule has 0 aliphatic carbocycles. The van der Waals surface area contributed by atoms with Crippen molar-refractivity contribution in [2.75, 3.05) is 17.6 Å². The van der Waals surface area contributed by atoms with E-state index in [1.807, 2.05) is 0 Å². The number of halogens is 1. The molecular formula is C9H11BrN2O3S2. The molecule has 0 bridgehead atoms. The first-order valence-electron chi connectivity index (χ1n) is 4.46. The van der Waals surface area contributed by atoms with Gasteiger partial charge in [0.2, 0.25) is 10.0 Å². The van der Waals surface area contributed by atoms with Crippen molar-refractivity contribution in [3.63, 3.8) is 0 Å².